The third kappa shape index (κ3) is 3.28. The summed E-state index contributed by atoms with van der Waals surface area (Å²) in [6.45, 7) is 3.87. The Morgan fingerprint density at radius 1 is 1.35 bits per heavy atom. The van der Waals surface area contributed by atoms with Gasteiger partial charge in [-0.15, -0.1) is 0 Å². The normalized spacial score (nSPS) is 12.1. The summed E-state index contributed by atoms with van der Waals surface area (Å²) >= 11 is 0. The van der Waals surface area contributed by atoms with Gasteiger partial charge in [-0.3, -0.25) is 10.1 Å². The average molecular weight is 310 g/mol. The molecule has 1 aromatic carbocycles. The van der Waals surface area contributed by atoms with E-state index in [1.807, 2.05) is 44.2 Å². The predicted molar refractivity (Wildman–Crippen MR) is 88.1 cm³/mol. The van der Waals surface area contributed by atoms with Crippen molar-refractivity contribution >= 4 is 22.6 Å². The molecule has 2 amide bonds. The number of amides is 2. The molecule has 3 aromatic rings. The molecule has 2 heterocycles. The molecule has 0 fully saturated rings. The first kappa shape index (κ1) is 15.0. The van der Waals surface area contributed by atoms with Gasteiger partial charge in [-0.2, -0.15) is 5.10 Å². The van der Waals surface area contributed by atoms with E-state index in [0.29, 0.717) is 5.82 Å². The van der Waals surface area contributed by atoms with Crippen LogP contribution in [-0.4, -0.2) is 26.2 Å². The van der Waals surface area contributed by atoms with Crippen LogP contribution in [0, 0.1) is 0 Å². The molecule has 3 N–H and O–H groups in total. The molecule has 7 nitrogen and oxygen atoms in total. The lowest BCUT2D eigenvalue weighted by Gasteiger charge is -2.14. The Hall–Kier alpha value is -2.96. The van der Waals surface area contributed by atoms with E-state index in [9.17, 15) is 4.79 Å². The molecule has 1 atom stereocenters. The molecule has 0 aliphatic heterocycles. The zero-order chi connectivity index (χ0) is 16.2. The standard InChI is InChI=1S/C16H18N6O/c1-3-11-8-14(12-6-4-5-7-13(12)20-11)21-16(23)19-10(2)15-17-9-18-22-15/h4-10H,3H2,1-2H3,(H,17,18,22)(H2,19,20,21,23)/t10-/m0/s1. The highest BCUT2D eigenvalue weighted by Gasteiger charge is 2.13. The number of benzene rings is 1. The molecule has 0 aliphatic carbocycles. The van der Waals surface area contributed by atoms with Crippen LogP contribution in [0.15, 0.2) is 36.7 Å². The van der Waals surface area contributed by atoms with Crippen molar-refractivity contribution in [3.63, 3.8) is 0 Å². The number of nitrogens with one attached hydrogen (secondary N) is 3. The quantitative estimate of drug-likeness (QED) is 0.690. The number of pyridine rings is 1. The van der Waals surface area contributed by atoms with Crippen molar-refractivity contribution in [2.24, 2.45) is 0 Å². The van der Waals surface area contributed by atoms with E-state index in [4.69, 9.17) is 0 Å². The van der Waals surface area contributed by atoms with E-state index in [0.717, 1.165) is 28.7 Å². The summed E-state index contributed by atoms with van der Waals surface area (Å²) in [4.78, 5) is 20.9. The number of nitrogens with zero attached hydrogens (tertiary/aromatic N) is 3. The molecule has 0 bridgehead atoms. The van der Waals surface area contributed by atoms with Gasteiger partial charge in [0.05, 0.1) is 17.2 Å². The fraction of sp³-hybridized carbons (Fsp3) is 0.250. The molecule has 7 heteroatoms. The summed E-state index contributed by atoms with van der Waals surface area (Å²) in [6, 6.07) is 9.08. The molecular weight excluding hydrogens is 292 g/mol. The van der Waals surface area contributed by atoms with Gasteiger partial charge < -0.3 is 10.6 Å². The predicted octanol–water partition coefficient (Wildman–Crippen LogP) is 2.80. The van der Waals surface area contributed by atoms with Crippen molar-refractivity contribution in [2.75, 3.05) is 5.32 Å². The maximum absolute atomic E-state index is 12.3. The van der Waals surface area contributed by atoms with Crippen LogP contribution in [0.4, 0.5) is 10.5 Å². The monoisotopic (exact) mass is 310 g/mol. The second kappa shape index (κ2) is 6.43. The van der Waals surface area contributed by atoms with Crippen molar-refractivity contribution in [2.45, 2.75) is 26.3 Å². The minimum absolute atomic E-state index is 0.267. The molecular formula is C16H18N6O. The van der Waals surface area contributed by atoms with E-state index in [2.05, 4.69) is 30.8 Å². The van der Waals surface area contributed by atoms with Crippen LogP contribution in [0.1, 0.15) is 31.4 Å². The highest BCUT2D eigenvalue weighted by Crippen LogP contribution is 2.23. The Labute approximate surface area is 133 Å². The van der Waals surface area contributed by atoms with Crippen LogP contribution in [0.2, 0.25) is 0 Å². The maximum atomic E-state index is 12.3. The van der Waals surface area contributed by atoms with Gasteiger partial charge in [0.2, 0.25) is 0 Å². The Bertz CT molecular complexity index is 815. The van der Waals surface area contributed by atoms with Crippen molar-refractivity contribution in [3.05, 3.63) is 48.2 Å². The van der Waals surface area contributed by atoms with Crippen LogP contribution in [0.25, 0.3) is 10.9 Å². The second-order valence-electron chi connectivity index (χ2n) is 5.22. The highest BCUT2D eigenvalue weighted by atomic mass is 16.2. The Morgan fingerprint density at radius 3 is 2.91 bits per heavy atom. The lowest BCUT2D eigenvalue weighted by molar-refractivity contribution is 0.249. The largest absolute Gasteiger partial charge is 0.328 e. The lowest BCUT2D eigenvalue weighted by atomic mass is 10.1. The minimum atomic E-state index is -0.299. The first-order valence-electron chi connectivity index (χ1n) is 7.49. The van der Waals surface area contributed by atoms with Crippen molar-refractivity contribution in [1.82, 2.24) is 25.5 Å². The molecule has 0 saturated carbocycles. The molecule has 0 aliphatic rings. The number of aromatic amines is 1. The number of aryl methyl sites for hydroxylation is 1. The fourth-order valence-corrected chi connectivity index (χ4v) is 2.36. The number of urea groups is 1. The van der Waals surface area contributed by atoms with Crippen LogP contribution in [0.3, 0.4) is 0 Å². The molecule has 0 radical (unpaired) electrons. The smallest absolute Gasteiger partial charge is 0.319 e. The highest BCUT2D eigenvalue weighted by molar-refractivity contribution is 6.00. The summed E-state index contributed by atoms with van der Waals surface area (Å²) < 4.78 is 0. The topological polar surface area (TPSA) is 95.6 Å². The Kier molecular flexibility index (Phi) is 4.18. The number of hydrogen-bond donors (Lipinski definition) is 3. The third-order valence-electron chi connectivity index (χ3n) is 3.57. The van der Waals surface area contributed by atoms with E-state index in [-0.39, 0.29) is 12.1 Å². The number of aromatic nitrogens is 4. The van der Waals surface area contributed by atoms with Gasteiger partial charge in [-0.25, -0.2) is 9.78 Å². The number of fused-ring (bicyclic) bond motifs is 1. The zero-order valence-corrected chi connectivity index (χ0v) is 13.0. The number of H-pyrrole nitrogens is 1. The molecule has 118 valence electrons. The minimum Gasteiger partial charge on any atom is -0.328 e. The molecule has 0 saturated heterocycles. The number of hydrogen-bond acceptors (Lipinski definition) is 4. The summed E-state index contributed by atoms with van der Waals surface area (Å²) in [5, 5.41) is 13.2. The number of rotatable bonds is 4. The van der Waals surface area contributed by atoms with Crippen molar-refractivity contribution < 1.29 is 4.79 Å². The number of carbonyl (C=O) groups is 1. The van der Waals surface area contributed by atoms with Crippen LogP contribution >= 0.6 is 0 Å². The van der Waals surface area contributed by atoms with Gasteiger partial charge in [-0.05, 0) is 25.5 Å². The van der Waals surface area contributed by atoms with Crippen molar-refractivity contribution in [3.8, 4) is 0 Å². The summed E-state index contributed by atoms with van der Waals surface area (Å²) in [7, 11) is 0. The lowest BCUT2D eigenvalue weighted by Crippen LogP contribution is -2.31. The Morgan fingerprint density at radius 2 is 2.17 bits per heavy atom. The Balaban J connectivity index is 1.81. The maximum Gasteiger partial charge on any atom is 0.319 e. The van der Waals surface area contributed by atoms with Gasteiger partial charge >= 0.3 is 6.03 Å². The fourth-order valence-electron chi connectivity index (χ4n) is 2.36. The van der Waals surface area contributed by atoms with Crippen LogP contribution in [-0.2, 0) is 6.42 Å². The molecule has 2 aromatic heterocycles. The third-order valence-corrected chi connectivity index (χ3v) is 3.57. The average Bonchev–Trinajstić information content (AvgIpc) is 3.09. The van der Waals surface area contributed by atoms with Crippen LogP contribution in [0.5, 0.6) is 0 Å². The van der Waals surface area contributed by atoms with E-state index < -0.39 is 0 Å². The van der Waals surface area contributed by atoms with E-state index in [1.165, 1.54) is 6.33 Å². The number of anilines is 1. The first-order chi connectivity index (χ1) is 11.2. The summed E-state index contributed by atoms with van der Waals surface area (Å²) in [5.41, 5.74) is 2.54. The van der Waals surface area contributed by atoms with Gasteiger partial charge in [-0.1, -0.05) is 25.1 Å². The summed E-state index contributed by atoms with van der Waals surface area (Å²) in [6.07, 6.45) is 2.21. The van der Waals surface area contributed by atoms with E-state index in [1.54, 1.807) is 0 Å². The molecule has 0 unspecified atom stereocenters. The van der Waals surface area contributed by atoms with Gasteiger partial charge in [0.15, 0.2) is 0 Å². The van der Waals surface area contributed by atoms with Gasteiger partial charge in [0.1, 0.15) is 12.2 Å². The second-order valence-corrected chi connectivity index (χ2v) is 5.22. The first-order valence-corrected chi connectivity index (χ1v) is 7.49. The number of carbonyl (C=O) groups excluding carboxylic acids is 1. The van der Waals surface area contributed by atoms with E-state index >= 15 is 0 Å². The number of para-hydroxylation sites is 1. The zero-order valence-electron chi connectivity index (χ0n) is 13.0. The van der Waals surface area contributed by atoms with Crippen molar-refractivity contribution in [1.29, 1.82) is 0 Å². The van der Waals surface area contributed by atoms with Gasteiger partial charge in [0.25, 0.3) is 0 Å². The molecule has 0 spiro atoms. The van der Waals surface area contributed by atoms with Crippen LogP contribution < -0.4 is 10.6 Å². The SMILES string of the molecule is CCc1cc(NC(=O)N[C@@H](C)c2ncn[nH]2)c2ccccc2n1. The molecule has 23 heavy (non-hydrogen) atoms. The summed E-state index contributed by atoms with van der Waals surface area (Å²) in [5.74, 6) is 0.606. The van der Waals surface area contributed by atoms with Gasteiger partial charge in [0, 0.05) is 11.1 Å². The molecule has 3 rings (SSSR count).